The number of carboxylic acids is 1. The minimum Gasteiger partial charge on any atom is -0.480 e. The Bertz CT molecular complexity index is 761. The Morgan fingerprint density at radius 1 is 1.42 bits per heavy atom. The molecule has 0 saturated heterocycles. The SMILES string of the molecule is CCN1C(=O)NC(c2cccc(F)c2)C2=C1CN(CC(=O)O)C2=O. The average molecular weight is 333 g/mol. The maximum atomic E-state index is 13.5. The van der Waals surface area contributed by atoms with Gasteiger partial charge in [0.25, 0.3) is 5.91 Å². The van der Waals surface area contributed by atoms with Crippen LogP contribution in [0.4, 0.5) is 9.18 Å². The molecule has 3 amide bonds. The zero-order chi connectivity index (χ0) is 17.4. The molecule has 2 aliphatic rings. The van der Waals surface area contributed by atoms with E-state index in [1.165, 1.54) is 28.0 Å². The van der Waals surface area contributed by atoms with Crippen molar-refractivity contribution < 1.29 is 23.9 Å². The minimum atomic E-state index is -1.13. The van der Waals surface area contributed by atoms with Crippen LogP contribution in [-0.4, -0.2) is 52.4 Å². The van der Waals surface area contributed by atoms with E-state index < -0.39 is 36.3 Å². The number of aliphatic carboxylic acids is 1. The van der Waals surface area contributed by atoms with Crippen molar-refractivity contribution in [3.63, 3.8) is 0 Å². The number of halogens is 1. The minimum absolute atomic E-state index is 0.0491. The first-order chi connectivity index (χ1) is 11.4. The summed E-state index contributed by atoms with van der Waals surface area (Å²) in [6.45, 7) is 1.70. The average Bonchev–Trinajstić information content (AvgIpc) is 2.83. The molecule has 0 bridgehead atoms. The number of hydrogen-bond donors (Lipinski definition) is 2. The van der Waals surface area contributed by atoms with Gasteiger partial charge in [-0.2, -0.15) is 0 Å². The van der Waals surface area contributed by atoms with Gasteiger partial charge in [-0.15, -0.1) is 0 Å². The van der Waals surface area contributed by atoms with Gasteiger partial charge in [0.05, 0.1) is 23.9 Å². The van der Waals surface area contributed by atoms with Crippen molar-refractivity contribution in [3.05, 3.63) is 46.9 Å². The molecule has 126 valence electrons. The summed E-state index contributed by atoms with van der Waals surface area (Å²) in [5.74, 6) is -2.07. The molecule has 0 saturated carbocycles. The van der Waals surface area contributed by atoms with Crippen molar-refractivity contribution in [1.29, 1.82) is 0 Å². The van der Waals surface area contributed by atoms with E-state index in [4.69, 9.17) is 5.11 Å². The number of benzene rings is 1. The summed E-state index contributed by atoms with van der Waals surface area (Å²) in [4.78, 5) is 38.5. The predicted octanol–water partition coefficient (Wildman–Crippen LogP) is 1.09. The van der Waals surface area contributed by atoms with Crippen LogP contribution in [-0.2, 0) is 9.59 Å². The van der Waals surface area contributed by atoms with Crippen molar-refractivity contribution in [2.45, 2.75) is 13.0 Å². The quantitative estimate of drug-likeness (QED) is 0.863. The van der Waals surface area contributed by atoms with Crippen LogP contribution in [0.3, 0.4) is 0 Å². The number of carbonyl (C=O) groups is 3. The first-order valence-corrected chi connectivity index (χ1v) is 7.50. The first-order valence-electron chi connectivity index (χ1n) is 7.50. The second-order valence-electron chi connectivity index (χ2n) is 5.60. The second kappa shape index (κ2) is 5.95. The van der Waals surface area contributed by atoms with E-state index in [0.29, 0.717) is 23.4 Å². The largest absolute Gasteiger partial charge is 0.480 e. The van der Waals surface area contributed by atoms with Gasteiger partial charge in [0, 0.05) is 6.54 Å². The predicted molar refractivity (Wildman–Crippen MR) is 81.3 cm³/mol. The fourth-order valence-corrected chi connectivity index (χ4v) is 3.11. The van der Waals surface area contributed by atoms with E-state index in [1.807, 2.05) is 0 Å². The van der Waals surface area contributed by atoms with Gasteiger partial charge in [0.2, 0.25) is 0 Å². The summed E-state index contributed by atoms with van der Waals surface area (Å²) in [6, 6.07) is 4.46. The molecule has 1 atom stereocenters. The first kappa shape index (κ1) is 16.0. The molecule has 0 aliphatic carbocycles. The van der Waals surface area contributed by atoms with Crippen molar-refractivity contribution in [1.82, 2.24) is 15.1 Å². The summed E-state index contributed by atoms with van der Waals surface area (Å²) < 4.78 is 13.5. The van der Waals surface area contributed by atoms with E-state index >= 15 is 0 Å². The lowest BCUT2D eigenvalue weighted by Gasteiger charge is -2.32. The van der Waals surface area contributed by atoms with Gasteiger partial charge in [-0.05, 0) is 24.6 Å². The van der Waals surface area contributed by atoms with Crippen LogP contribution in [0.5, 0.6) is 0 Å². The molecule has 1 aromatic rings. The molecule has 2 heterocycles. The van der Waals surface area contributed by atoms with Crippen molar-refractivity contribution in [2.24, 2.45) is 0 Å². The normalized spacial score (nSPS) is 20.3. The number of amides is 3. The molecule has 24 heavy (non-hydrogen) atoms. The number of nitrogens with zero attached hydrogens (tertiary/aromatic N) is 2. The number of likely N-dealkylation sites (N-methyl/N-ethyl adjacent to an activating group) is 1. The summed E-state index contributed by atoms with van der Waals surface area (Å²) >= 11 is 0. The van der Waals surface area contributed by atoms with Gasteiger partial charge in [0.1, 0.15) is 12.4 Å². The Hall–Kier alpha value is -2.90. The van der Waals surface area contributed by atoms with Crippen LogP contribution in [0.2, 0.25) is 0 Å². The molecule has 1 unspecified atom stereocenters. The van der Waals surface area contributed by atoms with Crippen LogP contribution in [0, 0.1) is 5.82 Å². The standard InChI is InChI=1S/C16H16FN3O4/c1-2-20-11-7-19(8-12(21)22)15(23)13(11)14(18-16(20)24)9-4-3-5-10(17)6-9/h3-6,14H,2,7-8H2,1H3,(H,18,24)(H,21,22). The van der Waals surface area contributed by atoms with E-state index in [-0.39, 0.29) is 6.54 Å². The van der Waals surface area contributed by atoms with Crippen LogP contribution in [0.15, 0.2) is 35.5 Å². The molecular formula is C16H16FN3O4. The number of carboxylic acid groups (broad SMARTS) is 1. The third kappa shape index (κ3) is 2.60. The highest BCUT2D eigenvalue weighted by Crippen LogP contribution is 2.36. The van der Waals surface area contributed by atoms with Crippen LogP contribution in [0.1, 0.15) is 18.5 Å². The summed E-state index contributed by atoms with van der Waals surface area (Å²) in [7, 11) is 0. The Morgan fingerprint density at radius 2 is 2.17 bits per heavy atom. The number of rotatable bonds is 4. The lowest BCUT2D eigenvalue weighted by atomic mass is 9.95. The Balaban J connectivity index is 2.05. The van der Waals surface area contributed by atoms with E-state index in [9.17, 15) is 18.8 Å². The van der Waals surface area contributed by atoms with Crippen molar-refractivity contribution in [2.75, 3.05) is 19.6 Å². The van der Waals surface area contributed by atoms with Gasteiger partial charge in [-0.25, -0.2) is 9.18 Å². The zero-order valence-corrected chi connectivity index (χ0v) is 13.0. The second-order valence-corrected chi connectivity index (χ2v) is 5.60. The van der Waals surface area contributed by atoms with Gasteiger partial charge in [-0.3, -0.25) is 14.5 Å². The zero-order valence-electron chi connectivity index (χ0n) is 13.0. The van der Waals surface area contributed by atoms with Crippen molar-refractivity contribution >= 4 is 17.9 Å². The van der Waals surface area contributed by atoms with Crippen LogP contribution >= 0.6 is 0 Å². The third-order valence-corrected chi connectivity index (χ3v) is 4.12. The topological polar surface area (TPSA) is 90.0 Å². The monoisotopic (exact) mass is 333 g/mol. The molecule has 3 rings (SSSR count). The number of carbonyl (C=O) groups excluding carboxylic acids is 2. The van der Waals surface area contributed by atoms with Crippen LogP contribution in [0.25, 0.3) is 0 Å². The molecule has 1 aromatic carbocycles. The Kier molecular flexibility index (Phi) is 3.96. The van der Waals surface area contributed by atoms with Gasteiger partial charge in [0.15, 0.2) is 0 Å². The highest BCUT2D eigenvalue weighted by atomic mass is 19.1. The molecule has 2 N–H and O–H groups in total. The summed E-state index contributed by atoms with van der Waals surface area (Å²) in [6.07, 6.45) is 0. The molecule has 0 spiro atoms. The fourth-order valence-electron chi connectivity index (χ4n) is 3.11. The smallest absolute Gasteiger partial charge is 0.323 e. The number of hydrogen-bond acceptors (Lipinski definition) is 3. The van der Waals surface area contributed by atoms with Gasteiger partial charge in [-0.1, -0.05) is 12.1 Å². The summed E-state index contributed by atoms with van der Waals surface area (Å²) in [5.41, 5.74) is 1.21. The molecule has 8 heteroatoms. The lowest BCUT2D eigenvalue weighted by Crippen LogP contribution is -2.47. The Labute approximate surface area is 137 Å². The van der Waals surface area contributed by atoms with Gasteiger partial charge < -0.3 is 15.3 Å². The van der Waals surface area contributed by atoms with Gasteiger partial charge >= 0.3 is 12.0 Å². The number of nitrogens with one attached hydrogen (secondary N) is 1. The highest BCUT2D eigenvalue weighted by molar-refractivity contribution is 6.02. The molecule has 0 fully saturated rings. The fraction of sp³-hybridized carbons (Fsp3) is 0.312. The molecule has 0 radical (unpaired) electrons. The van der Waals surface area contributed by atoms with E-state index in [2.05, 4.69) is 5.32 Å². The van der Waals surface area contributed by atoms with Crippen LogP contribution < -0.4 is 5.32 Å². The lowest BCUT2D eigenvalue weighted by molar-refractivity contribution is -0.142. The van der Waals surface area contributed by atoms with E-state index in [0.717, 1.165) is 0 Å². The molecule has 2 aliphatic heterocycles. The third-order valence-electron chi connectivity index (χ3n) is 4.12. The summed E-state index contributed by atoms with van der Waals surface area (Å²) in [5, 5.41) is 11.7. The number of urea groups is 1. The molecule has 7 nitrogen and oxygen atoms in total. The van der Waals surface area contributed by atoms with Crippen molar-refractivity contribution in [3.8, 4) is 0 Å². The highest BCUT2D eigenvalue weighted by Gasteiger charge is 2.43. The molecular weight excluding hydrogens is 317 g/mol. The maximum Gasteiger partial charge on any atom is 0.323 e. The molecule has 0 aromatic heterocycles. The maximum absolute atomic E-state index is 13.5. The van der Waals surface area contributed by atoms with E-state index in [1.54, 1.807) is 13.0 Å². The Morgan fingerprint density at radius 3 is 2.79 bits per heavy atom.